The molecule has 6 heteroatoms. The van der Waals surface area contributed by atoms with E-state index in [0.29, 0.717) is 24.0 Å². The monoisotopic (exact) mass is 389 g/mol. The van der Waals surface area contributed by atoms with E-state index in [0.717, 1.165) is 23.5 Å². The fourth-order valence-electron chi connectivity index (χ4n) is 2.93. The van der Waals surface area contributed by atoms with Gasteiger partial charge in [0.15, 0.2) is 18.1 Å². The highest BCUT2D eigenvalue weighted by Crippen LogP contribution is 2.34. The van der Waals surface area contributed by atoms with E-state index in [-0.39, 0.29) is 24.5 Å². The number of fused-ring (bicyclic) bond motifs is 1. The van der Waals surface area contributed by atoms with Crippen LogP contribution in [0.3, 0.4) is 0 Å². The third kappa shape index (κ3) is 5.30. The smallest absolute Gasteiger partial charge is 0.258 e. The molecule has 1 aliphatic heterocycles. The van der Waals surface area contributed by atoms with Crippen LogP contribution in [0.4, 0.5) is 0 Å². The van der Waals surface area contributed by atoms with E-state index in [1.54, 1.807) is 24.3 Å². The predicted molar refractivity (Wildman–Crippen MR) is 105 cm³/mol. The summed E-state index contributed by atoms with van der Waals surface area (Å²) in [6.07, 6.45) is 0.856. The molecule has 1 amide bonds. The largest absolute Gasteiger partial charge is 0.490 e. The molecule has 0 saturated carbocycles. The van der Waals surface area contributed by atoms with Crippen LogP contribution in [0.5, 0.6) is 17.2 Å². The van der Waals surface area contributed by atoms with E-state index in [4.69, 9.17) is 25.8 Å². The fourth-order valence-corrected chi connectivity index (χ4v) is 3.11. The summed E-state index contributed by atoms with van der Waals surface area (Å²) < 4.78 is 17.0. The van der Waals surface area contributed by atoms with Gasteiger partial charge in [0.2, 0.25) is 0 Å². The van der Waals surface area contributed by atoms with Gasteiger partial charge in [0, 0.05) is 11.4 Å². The molecule has 0 aliphatic carbocycles. The van der Waals surface area contributed by atoms with Gasteiger partial charge in [-0.15, -0.1) is 0 Å². The second-order valence-corrected chi connectivity index (χ2v) is 7.23. The molecule has 0 saturated heterocycles. The topological polar surface area (TPSA) is 56.8 Å². The van der Waals surface area contributed by atoms with Crippen molar-refractivity contribution in [3.05, 3.63) is 53.1 Å². The van der Waals surface area contributed by atoms with E-state index in [2.05, 4.69) is 19.2 Å². The highest BCUT2D eigenvalue weighted by Gasteiger charge is 2.21. The average Bonchev–Trinajstić information content (AvgIpc) is 2.89. The quantitative estimate of drug-likeness (QED) is 0.795. The van der Waals surface area contributed by atoms with Gasteiger partial charge < -0.3 is 19.5 Å². The molecule has 0 aromatic heterocycles. The van der Waals surface area contributed by atoms with Crippen LogP contribution in [-0.2, 0) is 4.79 Å². The van der Waals surface area contributed by atoms with Crippen molar-refractivity contribution in [1.82, 2.24) is 5.32 Å². The normalized spacial score (nSPS) is 14.4. The third-order valence-corrected chi connectivity index (χ3v) is 4.51. The zero-order valence-electron chi connectivity index (χ0n) is 15.5. The Balaban J connectivity index is 1.66. The Morgan fingerprint density at radius 1 is 1.15 bits per heavy atom. The number of ether oxygens (including phenoxy) is 3. The summed E-state index contributed by atoms with van der Waals surface area (Å²) >= 11 is 5.93. The van der Waals surface area contributed by atoms with Crippen molar-refractivity contribution in [3.63, 3.8) is 0 Å². The first-order chi connectivity index (χ1) is 13.0. The second kappa shape index (κ2) is 9.00. The second-order valence-electron chi connectivity index (χ2n) is 6.79. The summed E-state index contributed by atoms with van der Waals surface area (Å²) in [7, 11) is 0. The van der Waals surface area contributed by atoms with Crippen molar-refractivity contribution < 1.29 is 19.0 Å². The van der Waals surface area contributed by atoms with Crippen LogP contribution < -0.4 is 19.5 Å². The maximum Gasteiger partial charge on any atom is 0.258 e. The molecular weight excluding hydrogens is 366 g/mol. The molecule has 5 nitrogen and oxygen atoms in total. The van der Waals surface area contributed by atoms with Gasteiger partial charge in [-0.3, -0.25) is 4.79 Å². The molecule has 3 rings (SSSR count). The van der Waals surface area contributed by atoms with Gasteiger partial charge in [-0.1, -0.05) is 37.6 Å². The summed E-state index contributed by atoms with van der Waals surface area (Å²) in [5.74, 6) is 2.04. The van der Waals surface area contributed by atoms with Crippen molar-refractivity contribution in [1.29, 1.82) is 0 Å². The lowest BCUT2D eigenvalue weighted by molar-refractivity contribution is -0.124. The zero-order chi connectivity index (χ0) is 19.2. The SMILES string of the molecule is CC(C)[C@H](NC(=O)COc1cccc(Cl)c1)c1ccc2c(c1)OCCCO2. The standard InChI is InChI=1S/C21H24ClNO4/c1-14(2)21(15-7-8-18-19(11-15)26-10-4-9-25-18)23-20(24)13-27-17-6-3-5-16(22)12-17/h3,5-8,11-12,14,21H,4,9-10,13H2,1-2H3,(H,23,24)/t21-/m0/s1. The number of rotatable bonds is 6. The lowest BCUT2D eigenvalue weighted by atomic mass is 9.95. The Kier molecular flexibility index (Phi) is 6.45. The minimum Gasteiger partial charge on any atom is -0.490 e. The highest BCUT2D eigenvalue weighted by atomic mass is 35.5. The van der Waals surface area contributed by atoms with Gasteiger partial charge in [-0.05, 0) is 41.8 Å². The molecule has 0 radical (unpaired) electrons. The summed E-state index contributed by atoms with van der Waals surface area (Å²) in [4.78, 5) is 12.4. The number of carbonyl (C=O) groups excluding carboxylic acids is 1. The maximum absolute atomic E-state index is 12.4. The van der Waals surface area contributed by atoms with E-state index in [1.165, 1.54) is 0 Å². The third-order valence-electron chi connectivity index (χ3n) is 4.28. The summed E-state index contributed by atoms with van der Waals surface area (Å²) in [6, 6.07) is 12.6. The number of hydrogen-bond donors (Lipinski definition) is 1. The Labute approximate surface area is 164 Å². The minimum atomic E-state index is -0.194. The van der Waals surface area contributed by atoms with E-state index in [9.17, 15) is 4.79 Å². The Bertz CT molecular complexity index is 794. The molecule has 0 bridgehead atoms. The van der Waals surface area contributed by atoms with Crippen molar-refractivity contribution in [2.45, 2.75) is 26.3 Å². The van der Waals surface area contributed by atoms with Crippen molar-refractivity contribution >= 4 is 17.5 Å². The van der Waals surface area contributed by atoms with E-state index >= 15 is 0 Å². The van der Waals surface area contributed by atoms with Gasteiger partial charge in [-0.2, -0.15) is 0 Å². The van der Waals surface area contributed by atoms with Crippen molar-refractivity contribution in [2.75, 3.05) is 19.8 Å². The van der Waals surface area contributed by atoms with Gasteiger partial charge in [0.1, 0.15) is 5.75 Å². The van der Waals surface area contributed by atoms with Crippen molar-refractivity contribution in [2.24, 2.45) is 5.92 Å². The average molecular weight is 390 g/mol. The van der Waals surface area contributed by atoms with Crippen LogP contribution in [-0.4, -0.2) is 25.7 Å². The Morgan fingerprint density at radius 3 is 2.67 bits per heavy atom. The molecule has 1 aliphatic rings. The molecule has 0 unspecified atom stereocenters. The molecule has 1 atom stereocenters. The van der Waals surface area contributed by atoms with Gasteiger partial charge >= 0.3 is 0 Å². The number of hydrogen-bond acceptors (Lipinski definition) is 4. The van der Waals surface area contributed by atoms with Gasteiger partial charge in [-0.25, -0.2) is 0 Å². The maximum atomic E-state index is 12.4. The zero-order valence-corrected chi connectivity index (χ0v) is 16.3. The number of carbonyl (C=O) groups is 1. The van der Waals surface area contributed by atoms with Gasteiger partial charge in [0.05, 0.1) is 19.3 Å². The Hall–Kier alpha value is -2.40. The molecule has 2 aromatic carbocycles. The molecule has 0 spiro atoms. The van der Waals surface area contributed by atoms with Crippen LogP contribution in [0.1, 0.15) is 31.9 Å². The van der Waals surface area contributed by atoms with Crippen LogP contribution >= 0.6 is 11.6 Å². The molecular formula is C21H24ClNO4. The summed E-state index contributed by atoms with van der Waals surface area (Å²) in [5.41, 5.74) is 0.977. The van der Waals surface area contributed by atoms with Crippen LogP contribution in [0.25, 0.3) is 0 Å². The molecule has 144 valence electrons. The number of benzene rings is 2. The van der Waals surface area contributed by atoms with Crippen LogP contribution in [0.15, 0.2) is 42.5 Å². The fraction of sp³-hybridized carbons (Fsp3) is 0.381. The van der Waals surface area contributed by atoms with E-state index in [1.807, 2.05) is 18.2 Å². The van der Waals surface area contributed by atoms with E-state index < -0.39 is 0 Å². The molecule has 0 fully saturated rings. The summed E-state index contributed by atoms with van der Waals surface area (Å²) in [5, 5.41) is 3.62. The number of amides is 1. The first-order valence-electron chi connectivity index (χ1n) is 9.10. The van der Waals surface area contributed by atoms with Crippen molar-refractivity contribution in [3.8, 4) is 17.2 Å². The first kappa shape index (κ1) is 19.4. The molecule has 27 heavy (non-hydrogen) atoms. The summed E-state index contributed by atoms with van der Waals surface area (Å²) in [6.45, 7) is 5.33. The predicted octanol–water partition coefficient (Wildman–Crippen LogP) is 4.39. The first-order valence-corrected chi connectivity index (χ1v) is 9.48. The highest BCUT2D eigenvalue weighted by molar-refractivity contribution is 6.30. The van der Waals surface area contributed by atoms with Crippen LogP contribution in [0.2, 0.25) is 5.02 Å². The number of halogens is 1. The lowest BCUT2D eigenvalue weighted by Gasteiger charge is -2.24. The van der Waals surface area contributed by atoms with Gasteiger partial charge in [0.25, 0.3) is 5.91 Å². The molecule has 1 N–H and O–H groups in total. The minimum absolute atomic E-state index is 0.0753. The Morgan fingerprint density at radius 2 is 1.93 bits per heavy atom. The molecule has 1 heterocycles. The number of nitrogens with one attached hydrogen (secondary N) is 1. The molecule has 2 aromatic rings. The lowest BCUT2D eigenvalue weighted by Crippen LogP contribution is -2.35. The van der Waals surface area contributed by atoms with Crippen LogP contribution in [0, 0.1) is 5.92 Å².